The summed E-state index contributed by atoms with van der Waals surface area (Å²) in [5, 5.41) is 13.1. The fraction of sp³-hybridized carbons (Fsp3) is 0.308. The Balaban J connectivity index is 2.56. The van der Waals surface area contributed by atoms with E-state index in [1.54, 1.807) is 4.68 Å². The fourth-order valence-electron chi connectivity index (χ4n) is 1.80. The first-order chi connectivity index (χ1) is 9.02. The molecule has 0 aliphatic heterocycles. The van der Waals surface area contributed by atoms with Crippen molar-refractivity contribution in [2.75, 3.05) is 0 Å². The van der Waals surface area contributed by atoms with Crippen LogP contribution >= 0.6 is 15.9 Å². The summed E-state index contributed by atoms with van der Waals surface area (Å²) in [6, 6.07) is 5.82. The summed E-state index contributed by atoms with van der Waals surface area (Å²) in [6.07, 6.45) is 1.56. The molecule has 2 aromatic rings. The molecule has 0 saturated carbocycles. The minimum atomic E-state index is -1.11. The number of aromatic carboxylic acids is 1. The van der Waals surface area contributed by atoms with Crippen LogP contribution in [0.15, 0.2) is 22.7 Å². The van der Waals surface area contributed by atoms with Crippen molar-refractivity contribution in [2.45, 2.75) is 26.7 Å². The maximum atomic E-state index is 11.0. The van der Waals surface area contributed by atoms with Crippen LogP contribution in [0.4, 0.5) is 0 Å². The number of hydrogen-bond acceptors (Lipinski definition) is 3. The van der Waals surface area contributed by atoms with Gasteiger partial charge in [-0.3, -0.25) is 0 Å². The molecule has 0 radical (unpaired) electrons. The lowest BCUT2D eigenvalue weighted by molar-refractivity contribution is 0.0683. The van der Waals surface area contributed by atoms with Crippen LogP contribution in [0, 0.1) is 6.92 Å². The van der Waals surface area contributed by atoms with Crippen LogP contribution in [-0.2, 0) is 6.42 Å². The van der Waals surface area contributed by atoms with Crippen molar-refractivity contribution in [3.05, 3.63) is 39.9 Å². The zero-order valence-corrected chi connectivity index (χ0v) is 12.3. The van der Waals surface area contributed by atoms with E-state index in [0.717, 1.165) is 22.1 Å². The molecule has 0 atom stereocenters. The summed E-state index contributed by atoms with van der Waals surface area (Å²) in [7, 11) is 0. The Bertz CT molecular complexity index is 622. The Labute approximate surface area is 119 Å². The molecule has 0 aliphatic rings. The Kier molecular flexibility index (Phi) is 3.99. The van der Waals surface area contributed by atoms with Gasteiger partial charge in [-0.25, -0.2) is 14.5 Å². The standard InChI is InChI=1S/C13H14BrN3O2/c1-3-4-11-15-12(13(18)19)16-17(11)10-6-5-8(2)7-9(10)14/h5-7H,3-4H2,1-2H3,(H,18,19). The van der Waals surface area contributed by atoms with Gasteiger partial charge >= 0.3 is 5.97 Å². The first-order valence-corrected chi connectivity index (χ1v) is 6.78. The third kappa shape index (κ3) is 2.84. The molecule has 0 fully saturated rings. The van der Waals surface area contributed by atoms with Gasteiger partial charge < -0.3 is 5.11 Å². The second-order valence-electron chi connectivity index (χ2n) is 4.27. The molecule has 5 nitrogen and oxygen atoms in total. The van der Waals surface area contributed by atoms with Gasteiger partial charge in [-0.2, -0.15) is 0 Å². The van der Waals surface area contributed by atoms with Crippen molar-refractivity contribution in [3.8, 4) is 5.69 Å². The van der Waals surface area contributed by atoms with Gasteiger partial charge in [-0.15, -0.1) is 5.10 Å². The largest absolute Gasteiger partial charge is 0.475 e. The number of hydrogen-bond donors (Lipinski definition) is 1. The summed E-state index contributed by atoms with van der Waals surface area (Å²) in [5.74, 6) is -0.625. The fourth-order valence-corrected chi connectivity index (χ4v) is 2.46. The van der Waals surface area contributed by atoms with Crippen LogP contribution in [0.5, 0.6) is 0 Å². The minimum Gasteiger partial charge on any atom is -0.475 e. The normalized spacial score (nSPS) is 10.7. The lowest BCUT2D eigenvalue weighted by atomic mass is 10.2. The van der Waals surface area contributed by atoms with Gasteiger partial charge in [0.2, 0.25) is 0 Å². The number of nitrogens with zero attached hydrogens (tertiary/aromatic N) is 3. The third-order valence-corrected chi connectivity index (χ3v) is 3.31. The van der Waals surface area contributed by atoms with Gasteiger partial charge in [0.15, 0.2) is 0 Å². The number of benzene rings is 1. The quantitative estimate of drug-likeness (QED) is 0.939. The van der Waals surface area contributed by atoms with Crippen molar-refractivity contribution in [3.63, 3.8) is 0 Å². The van der Waals surface area contributed by atoms with Crippen LogP contribution in [-0.4, -0.2) is 25.8 Å². The zero-order chi connectivity index (χ0) is 14.0. The summed E-state index contributed by atoms with van der Waals surface area (Å²) < 4.78 is 2.46. The molecule has 1 aromatic carbocycles. The number of carboxylic acids is 1. The van der Waals surface area contributed by atoms with E-state index in [1.807, 2.05) is 32.0 Å². The van der Waals surface area contributed by atoms with Crippen LogP contribution in [0.1, 0.15) is 35.4 Å². The highest BCUT2D eigenvalue weighted by molar-refractivity contribution is 9.10. The van der Waals surface area contributed by atoms with E-state index in [2.05, 4.69) is 26.0 Å². The highest BCUT2D eigenvalue weighted by Crippen LogP contribution is 2.23. The third-order valence-electron chi connectivity index (χ3n) is 2.67. The summed E-state index contributed by atoms with van der Waals surface area (Å²) in [5.41, 5.74) is 1.92. The van der Waals surface area contributed by atoms with Crippen LogP contribution in [0.3, 0.4) is 0 Å². The van der Waals surface area contributed by atoms with Crippen molar-refractivity contribution < 1.29 is 9.90 Å². The number of carboxylic acid groups (broad SMARTS) is 1. The molecular formula is C13H14BrN3O2. The van der Waals surface area contributed by atoms with Gasteiger partial charge in [-0.1, -0.05) is 13.0 Å². The molecule has 1 aromatic heterocycles. The van der Waals surface area contributed by atoms with E-state index in [-0.39, 0.29) is 5.82 Å². The summed E-state index contributed by atoms with van der Waals surface area (Å²) in [4.78, 5) is 15.1. The minimum absolute atomic E-state index is 0.170. The first kappa shape index (κ1) is 13.7. The molecule has 19 heavy (non-hydrogen) atoms. The van der Waals surface area contributed by atoms with E-state index < -0.39 is 5.97 Å². The van der Waals surface area contributed by atoms with E-state index in [4.69, 9.17) is 5.11 Å². The van der Waals surface area contributed by atoms with Gasteiger partial charge in [0.1, 0.15) is 5.82 Å². The number of carbonyl (C=O) groups is 1. The number of aryl methyl sites for hydroxylation is 2. The summed E-state index contributed by atoms with van der Waals surface area (Å²) in [6.45, 7) is 4.01. The Morgan fingerprint density at radius 1 is 1.47 bits per heavy atom. The second kappa shape index (κ2) is 5.52. The molecule has 0 spiro atoms. The molecule has 0 unspecified atom stereocenters. The molecule has 0 saturated heterocycles. The highest BCUT2D eigenvalue weighted by Gasteiger charge is 2.17. The van der Waals surface area contributed by atoms with E-state index >= 15 is 0 Å². The lowest BCUT2D eigenvalue weighted by Crippen LogP contribution is -2.04. The second-order valence-corrected chi connectivity index (χ2v) is 5.13. The topological polar surface area (TPSA) is 68.0 Å². The molecule has 6 heteroatoms. The number of halogens is 1. The smallest absolute Gasteiger partial charge is 0.375 e. The maximum absolute atomic E-state index is 11.0. The number of rotatable bonds is 4. The monoisotopic (exact) mass is 323 g/mol. The molecule has 0 aliphatic carbocycles. The maximum Gasteiger partial charge on any atom is 0.375 e. The van der Waals surface area contributed by atoms with Crippen LogP contribution < -0.4 is 0 Å². The molecule has 100 valence electrons. The molecular weight excluding hydrogens is 310 g/mol. The molecule has 1 heterocycles. The van der Waals surface area contributed by atoms with Gasteiger partial charge in [-0.05, 0) is 47.0 Å². The SMILES string of the molecule is CCCc1nc(C(=O)O)nn1-c1ccc(C)cc1Br. The number of aromatic nitrogens is 3. The van der Waals surface area contributed by atoms with Crippen molar-refractivity contribution in [2.24, 2.45) is 0 Å². The summed E-state index contributed by atoms with van der Waals surface area (Å²) >= 11 is 3.48. The predicted octanol–water partition coefficient (Wildman–Crippen LogP) is 2.99. The van der Waals surface area contributed by atoms with E-state index in [0.29, 0.717) is 12.2 Å². The van der Waals surface area contributed by atoms with Gasteiger partial charge in [0.25, 0.3) is 5.82 Å². The molecule has 2 rings (SSSR count). The van der Waals surface area contributed by atoms with Crippen molar-refractivity contribution in [1.82, 2.24) is 14.8 Å². The Morgan fingerprint density at radius 3 is 2.79 bits per heavy atom. The van der Waals surface area contributed by atoms with Gasteiger partial charge in [0, 0.05) is 10.9 Å². The van der Waals surface area contributed by atoms with E-state index in [9.17, 15) is 4.79 Å². The van der Waals surface area contributed by atoms with E-state index in [1.165, 1.54) is 0 Å². The first-order valence-electron chi connectivity index (χ1n) is 5.98. The van der Waals surface area contributed by atoms with Crippen LogP contribution in [0.2, 0.25) is 0 Å². The Morgan fingerprint density at radius 2 is 2.21 bits per heavy atom. The predicted molar refractivity (Wildman–Crippen MR) is 74.8 cm³/mol. The van der Waals surface area contributed by atoms with Crippen molar-refractivity contribution in [1.29, 1.82) is 0 Å². The molecule has 0 bridgehead atoms. The molecule has 1 N–H and O–H groups in total. The van der Waals surface area contributed by atoms with Gasteiger partial charge in [0.05, 0.1) is 5.69 Å². The lowest BCUT2D eigenvalue weighted by Gasteiger charge is -2.08. The average Bonchev–Trinajstić information content (AvgIpc) is 2.74. The Hall–Kier alpha value is -1.69. The highest BCUT2D eigenvalue weighted by atomic mass is 79.9. The molecule has 0 amide bonds. The van der Waals surface area contributed by atoms with Crippen LogP contribution in [0.25, 0.3) is 5.69 Å². The average molecular weight is 324 g/mol. The van der Waals surface area contributed by atoms with Crippen molar-refractivity contribution >= 4 is 21.9 Å². The zero-order valence-electron chi connectivity index (χ0n) is 10.7.